The summed E-state index contributed by atoms with van der Waals surface area (Å²) >= 11 is 1.32. The van der Waals surface area contributed by atoms with Gasteiger partial charge in [-0.15, -0.1) is 11.4 Å². The normalized spacial score (nSPS) is 11.0. The SMILES string of the molecule is O=C(O)CN(CC(=O)O)Cc1cccc(-c2cc(-c3ccc(NC(=O)CSP)cc3)cc(-c3cccc(CN(CC(=O)O)CC(=O)O)n3)n2)n1. The van der Waals surface area contributed by atoms with Crippen molar-refractivity contribution >= 4 is 55.3 Å². The molecule has 3 heterocycles. The lowest BCUT2D eigenvalue weighted by Gasteiger charge is -2.18. The first-order valence-electron chi connectivity index (χ1n) is 14.9. The van der Waals surface area contributed by atoms with Crippen LogP contribution in [0.3, 0.4) is 0 Å². The summed E-state index contributed by atoms with van der Waals surface area (Å²) in [5.41, 5.74) is 4.59. The molecule has 15 nitrogen and oxygen atoms in total. The first kappa shape index (κ1) is 37.5. The van der Waals surface area contributed by atoms with E-state index in [1.54, 1.807) is 60.7 Å². The van der Waals surface area contributed by atoms with Gasteiger partial charge in [0.2, 0.25) is 5.91 Å². The molecule has 0 fully saturated rings. The number of aliphatic carboxylic acids is 4. The highest BCUT2D eigenvalue weighted by molar-refractivity contribution is 8.44. The van der Waals surface area contributed by atoms with Crippen molar-refractivity contribution in [1.29, 1.82) is 0 Å². The fourth-order valence-corrected chi connectivity index (χ4v) is 5.64. The number of nitrogens with one attached hydrogen (secondary N) is 1. The smallest absolute Gasteiger partial charge is 0.317 e. The van der Waals surface area contributed by atoms with E-state index >= 15 is 0 Å². The average Bonchev–Trinajstić information content (AvgIpc) is 3.04. The summed E-state index contributed by atoms with van der Waals surface area (Å²) in [6, 6.07) is 20.9. The van der Waals surface area contributed by atoms with Crippen molar-refractivity contribution in [2.75, 3.05) is 37.2 Å². The van der Waals surface area contributed by atoms with E-state index in [-0.39, 0.29) is 24.7 Å². The Morgan fingerprint density at radius 3 is 1.44 bits per heavy atom. The fraction of sp³-hybridized carbons (Fsp3) is 0.212. The van der Waals surface area contributed by atoms with Crippen LogP contribution >= 0.6 is 19.8 Å². The van der Waals surface area contributed by atoms with Crippen molar-refractivity contribution in [3.63, 3.8) is 0 Å². The van der Waals surface area contributed by atoms with E-state index in [0.717, 1.165) is 5.56 Å². The highest BCUT2D eigenvalue weighted by Gasteiger charge is 2.18. The van der Waals surface area contributed by atoms with Crippen LogP contribution in [-0.2, 0) is 37.1 Å². The molecular formula is C33H33N6O9PS. The van der Waals surface area contributed by atoms with Gasteiger partial charge < -0.3 is 25.7 Å². The van der Waals surface area contributed by atoms with Gasteiger partial charge in [-0.2, -0.15) is 0 Å². The van der Waals surface area contributed by atoms with Gasteiger partial charge in [0.25, 0.3) is 0 Å². The van der Waals surface area contributed by atoms with Gasteiger partial charge in [0.1, 0.15) is 0 Å². The summed E-state index contributed by atoms with van der Waals surface area (Å²) < 4.78 is 0. The monoisotopic (exact) mass is 720 g/mol. The molecule has 0 saturated carbocycles. The lowest BCUT2D eigenvalue weighted by Crippen LogP contribution is -2.34. The summed E-state index contributed by atoms with van der Waals surface area (Å²) in [6.45, 7) is -2.09. The largest absolute Gasteiger partial charge is 0.480 e. The first-order chi connectivity index (χ1) is 23.9. The topological polar surface area (TPSA) is 223 Å². The van der Waals surface area contributed by atoms with Crippen molar-refractivity contribution in [3.05, 3.63) is 84.2 Å². The van der Waals surface area contributed by atoms with Gasteiger partial charge in [-0.25, -0.2) is 15.0 Å². The number of nitrogens with zero attached hydrogens (tertiary/aromatic N) is 5. The number of rotatable bonds is 18. The van der Waals surface area contributed by atoms with E-state index in [4.69, 9.17) is 4.98 Å². The number of carboxylic acids is 4. The molecule has 1 unspecified atom stereocenters. The Labute approximate surface area is 292 Å². The third-order valence-electron chi connectivity index (χ3n) is 6.89. The number of carbonyl (C=O) groups is 5. The van der Waals surface area contributed by atoms with Gasteiger partial charge in [0.05, 0.1) is 66.1 Å². The van der Waals surface area contributed by atoms with Gasteiger partial charge in [-0.1, -0.05) is 32.7 Å². The molecule has 0 aliphatic heterocycles. The molecule has 1 atom stereocenters. The standard InChI is InChI=1S/C33H33N6O9PS/c40-29(19-50-49)36-22-9-7-20(8-10-22)21-11-27(25-5-1-3-23(34-25)13-38(15-30(41)42)16-31(43)44)37-28(12-21)26-6-2-4-24(35-26)14-39(17-32(45)46)18-33(47)48/h1-12H,13-19,49H2,(H,36,40)(H,41,42)(H,43,44)(H,45,46)(H,47,48). The number of carboxylic acid groups (broad SMARTS) is 4. The second kappa shape index (κ2) is 17.9. The number of amides is 1. The van der Waals surface area contributed by atoms with Gasteiger partial charge in [0, 0.05) is 18.8 Å². The molecule has 5 N–H and O–H groups in total. The summed E-state index contributed by atoms with van der Waals surface area (Å²) in [4.78, 5) is 74.1. The van der Waals surface area contributed by atoms with Crippen LogP contribution in [0, 0.1) is 0 Å². The van der Waals surface area contributed by atoms with Crippen LogP contribution in [0.1, 0.15) is 11.4 Å². The van der Waals surface area contributed by atoms with Gasteiger partial charge in [-0.3, -0.25) is 33.8 Å². The van der Waals surface area contributed by atoms with Gasteiger partial charge >= 0.3 is 23.9 Å². The maximum absolute atomic E-state index is 12.1. The lowest BCUT2D eigenvalue weighted by atomic mass is 10.0. The molecule has 0 saturated heterocycles. The number of benzene rings is 1. The number of anilines is 1. The van der Waals surface area contributed by atoms with Crippen molar-refractivity contribution in [2.45, 2.75) is 13.1 Å². The number of hydrogen-bond donors (Lipinski definition) is 5. The van der Waals surface area contributed by atoms with Crippen LogP contribution in [0.5, 0.6) is 0 Å². The number of carbonyl (C=O) groups excluding carboxylic acids is 1. The molecule has 0 radical (unpaired) electrons. The van der Waals surface area contributed by atoms with E-state index in [9.17, 15) is 44.4 Å². The minimum absolute atomic E-state index is 0.0474. The second-order valence-electron chi connectivity index (χ2n) is 11.0. The molecule has 0 spiro atoms. The quantitative estimate of drug-likeness (QED) is 0.0931. The van der Waals surface area contributed by atoms with E-state index in [1.165, 1.54) is 21.2 Å². The Hall–Kier alpha value is -5.28. The molecule has 4 aromatic rings. The molecule has 4 rings (SSSR count). The molecule has 0 bridgehead atoms. The average molecular weight is 721 g/mol. The third-order valence-corrected chi connectivity index (χ3v) is 7.82. The van der Waals surface area contributed by atoms with Crippen LogP contribution in [0.2, 0.25) is 0 Å². The van der Waals surface area contributed by atoms with Gasteiger partial charge in [-0.05, 0) is 59.7 Å². The zero-order valence-corrected chi connectivity index (χ0v) is 28.4. The Kier molecular flexibility index (Phi) is 13.5. The molecular weight excluding hydrogens is 687 g/mol. The number of aromatic nitrogens is 3. The molecule has 1 amide bonds. The summed E-state index contributed by atoms with van der Waals surface area (Å²) in [7, 11) is 2.43. The molecule has 3 aromatic heterocycles. The lowest BCUT2D eigenvalue weighted by molar-refractivity contribution is -0.144. The third kappa shape index (κ3) is 11.7. The Morgan fingerprint density at radius 2 is 1.04 bits per heavy atom. The van der Waals surface area contributed by atoms with E-state index < -0.39 is 50.1 Å². The van der Waals surface area contributed by atoms with Crippen molar-refractivity contribution in [2.24, 2.45) is 0 Å². The van der Waals surface area contributed by atoms with Crippen molar-refractivity contribution in [1.82, 2.24) is 24.8 Å². The van der Waals surface area contributed by atoms with Crippen LogP contribution in [0.4, 0.5) is 5.69 Å². The molecule has 17 heteroatoms. The highest BCUT2D eigenvalue weighted by Crippen LogP contribution is 2.30. The van der Waals surface area contributed by atoms with Crippen LogP contribution in [0.15, 0.2) is 72.8 Å². The van der Waals surface area contributed by atoms with E-state index in [0.29, 0.717) is 45.4 Å². The van der Waals surface area contributed by atoms with Crippen molar-refractivity contribution < 1.29 is 44.4 Å². The predicted molar refractivity (Wildman–Crippen MR) is 188 cm³/mol. The van der Waals surface area contributed by atoms with Crippen LogP contribution in [0.25, 0.3) is 33.9 Å². The molecule has 1 aromatic carbocycles. The Morgan fingerprint density at radius 1 is 0.600 bits per heavy atom. The summed E-state index contributed by atoms with van der Waals surface area (Å²) in [6.07, 6.45) is 0. The van der Waals surface area contributed by atoms with Gasteiger partial charge in [0.15, 0.2) is 0 Å². The maximum Gasteiger partial charge on any atom is 0.317 e. The minimum Gasteiger partial charge on any atom is -0.480 e. The number of pyridine rings is 3. The predicted octanol–water partition coefficient (Wildman–Crippen LogP) is 3.28. The minimum atomic E-state index is -1.18. The highest BCUT2D eigenvalue weighted by atomic mass is 32.7. The molecule has 0 aliphatic carbocycles. The maximum atomic E-state index is 12.1. The zero-order valence-electron chi connectivity index (χ0n) is 26.4. The fourth-order valence-electron chi connectivity index (χ4n) is 4.96. The molecule has 260 valence electrons. The van der Waals surface area contributed by atoms with E-state index in [1.807, 2.05) is 12.1 Å². The van der Waals surface area contributed by atoms with Crippen LogP contribution in [-0.4, -0.2) is 107 Å². The zero-order chi connectivity index (χ0) is 36.2. The van der Waals surface area contributed by atoms with Crippen LogP contribution < -0.4 is 5.32 Å². The first-order valence-corrected chi connectivity index (χ1v) is 17.3. The summed E-state index contributed by atoms with van der Waals surface area (Å²) in [5, 5.41) is 39.9. The second-order valence-corrected chi connectivity index (χ2v) is 12.6. The van der Waals surface area contributed by atoms with E-state index in [2.05, 4.69) is 23.7 Å². The Bertz CT molecular complexity index is 1750. The van der Waals surface area contributed by atoms with Crippen molar-refractivity contribution in [3.8, 4) is 33.9 Å². The molecule has 50 heavy (non-hydrogen) atoms. The Balaban J connectivity index is 1.76. The molecule has 0 aliphatic rings. The number of hydrogen-bond acceptors (Lipinski definition) is 11. The summed E-state index contributed by atoms with van der Waals surface area (Å²) in [5.74, 6) is -4.61.